The Bertz CT molecular complexity index is 390. The van der Waals surface area contributed by atoms with Gasteiger partial charge < -0.3 is 10.1 Å². The molecule has 3 nitrogen and oxygen atoms in total. The van der Waals surface area contributed by atoms with Crippen LogP contribution in [0.3, 0.4) is 0 Å². The van der Waals surface area contributed by atoms with Gasteiger partial charge in [-0.05, 0) is 37.3 Å². The van der Waals surface area contributed by atoms with Crippen molar-refractivity contribution < 1.29 is 9.53 Å². The van der Waals surface area contributed by atoms with E-state index in [2.05, 4.69) is 5.32 Å². The molecule has 1 aromatic rings. The van der Waals surface area contributed by atoms with Crippen LogP contribution < -0.4 is 5.32 Å². The van der Waals surface area contributed by atoms with Gasteiger partial charge in [0.1, 0.15) is 6.04 Å². The van der Waals surface area contributed by atoms with Crippen molar-refractivity contribution in [3.8, 4) is 0 Å². The molecule has 0 amide bonds. The van der Waals surface area contributed by atoms with Crippen LogP contribution in [0.15, 0.2) is 12.1 Å². The molecule has 1 N–H and O–H groups in total. The summed E-state index contributed by atoms with van der Waals surface area (Å²) in [4.78, 5) is 12.8. The summed E-state index contributed by atoms with van der Waals surface area (Å²) >= 11 is 7.45. The zero-order chi connectivity index (χ0) is 12.3. The van der Waals surface area contributed by atoms with Crippen molar-refractivity contribution in [2.24, 2.45) is 5.92 Å². The van der Waals surface area contributed by atoms with E-state index in [0.29, 0.717) is 5.92 Å². The van der Waals surface area contributed by atoms with Crippen LogP contribution in [-0.4, -0.2) is 25.7 Å². The van der Waals surface area contributed by atoms with Crippen molar-refractivity contribution in [3.63, 3.8) is 0 Å². The molecule has 1 fully saturated rings. The van der Waals surface area contributed by atoms with Gasteiger partial charge in [0, 0.05) is 11.4 Å². The van der Waals surface area contributed by atoms with Crippen LogP contribution in [0.25, 0.3) is 0 Å². The standard InChI is InChI=1S/C12H16ClNO2S/c1-16-12(15)11(8-2-3-8)14-7-6-9-4-5-10(13)17-9/h4-5,8,11,14H,2-3,6-7H2,1H3. The number of carbonyl (C=O) groups is 1. The van der Waals surface area contributed by atoms with Crippen LogP contribution >= 0.6 is 22.9 Å². The van der Waals surface area contributed by atoms with E-state index in [1.807, 2.05) is 12.1 Å². The highest BCUT2D eigenvalue weighted by Gasteiger charge is 2.36. The zero-order valence-corrected chi connectivity index (χ0v) is 11.3. The van der Waals surface area contributed by atoms with Gasteiger partial charge in [-0.1, -0.05) is 11.6 Å². The lowest BCUT2D eigenvalue weighted by atomic mass is 10.2. The number of nitrogens with one attached hydrogen (secondary N) is 1. The molecule has 5 heteroatoms. The van der Waals surface area contributed by atoms with E-state index in [4.69, 9.17) is 16.3 Å². The number of halogens is 1. The number of hydrogen-bond acceptors (Lipinski definition) is 4. The third-order valence-corrected chi connectivity index (χ3v) is 4.20. The van der Waals surface area contributed by atoms with Crippen LogP contribution in [0.2, 0.25) is 4.34 Å². The Kier molecular flexibility index (Phi) is 4.42. The van der Waals surface area contributed by atoms with E-state index in [1.54, 1.807) is 11.3 Å². The summed E-state index contributed by atoms with van der Waals surface area (Å²) in [6.45, 7) is 0.785. The number of methoxy groups -OCH3 is 1. The molecule has 1 atom stereocenters. The minimum atomic E-state index is -0.142. The quantitative estimate of drug-likeness (QED) is 0.810. The van der Waals surface area contributed by atoms with Gasteiger partial charge in [0.25, 0.3) is 0 Å². The summed E-state index contributed by atoms with van der Waals surface area (Å²) in [6.07, 6.45) is 3.15. The molecule has 0 saturated heterocycles. The maximum absolute atomic E-state index is 11.5. The highest BCUT2D eigenvalue weighted by molar-refractivity contribution is 7.16. The fourth-order valence-electron chi connectivity index (χ4n) is 1.84. The van der Waals surface area contributed by atoms with E-state index >= 15 is 0 Å². The van der Waals surface area contributed by atoms with Crippen molar-refractivity contribution in [1.82, 2.24) is 5.32 Å². The van der Waals surface area contributed by atoms with Crippen LogP contribution in [0.4, 0.5) is 0 Å². The van der Waals surface area contributed by atoms with Gasteiger partial charge >= 0.3 is 5.97 Å². The Morgan fingerprint density at radius 1 is 1.65 bits per heavy atom. The first-order valence-electron chi connectivity index (χ1n) is 5.76. The van der Waals surface area contributed by atoms with Gasteiger partial charge in [0.05, 0.1) is 11.4 Å². The van der Waals surface area contributed by atoms with E-state index in [-0.39, 0.29) is 12.0 Å². The molecule has 1 aliphatic rings. The second-order valence-electron chi connectivity index (χ2n) is 4.25. The summed E-state index contributed by atoms with van der Waals surface area (Å²) < 4.78 is 5.61. The first kappa shape index (κ1) is 12.9. The summed E-state index contributed by atoms with van der Waals surface area (Å²) in [5, 5.41) is 3.28. The Morgan fingerprint density at radius 3 is 2.94 bits per heavy atom. The Balaban J connectivity index is 1.77. The minimum Gasteiger partial charge on any atom is -0.468 e. The predicted octanol–water partition coefficient (Wildman–Crippen LogP) is 2.49. The Hall–Kier alpha value is -0.580. The fraction of sp³-hybridized carbons (Fsp3) is 0.583. The maximum atomic E-state index is 11.5. The molecule has 1 heterocycles. The smallest absolute Gasteiger partial charge is 0.323 e. The Morgan fingerprint density at radius 2 is 2.41 bits per heavy atom. The largest absolute Gasteiger partial charge is 0.468 e. The molecule has 1 aromatic heterocycles. The second kappa shape index (κ2) is 5.85. The third-order valence-electron chi connectivity index (χ3n) is 2.91. The van der Waals surface area contributed by atoms with Gasteiger partial charge in [-0.2, -0.15) is 0 Å². The predicted molar refractivity (Wildman–Crippen MR) is 69.6 cm³/mol. The number of rotatable bonds is 6. The molecule has 2 rings (SSSR count). The molecular formula is C12H16ClNO2S. The minimum absolute atomic E-state index is 0.129. The average Bonchev–Trinajstić information content (AvgIpc) is 3.07. The molecule has 0 radical (unpaired) electrons. The SMILES string of the molecule is COC(=O)C(NCCc1ccc(Cl)s1)C1CC1. The van der Waals surface area contributed by atoms with Gasteiger partial charge in [0.2, 0.25) is 0 Å². The van der Waals surface area contributed by atoms with Crippen molar-refractivity contribution in [1.29, 1.82) is 0 Å². The lowest BCUT2D eigenvalue weighted by Crippen LogP contribution is -2.40. The Labute approximate surface area is 110 Å². The third kappa shape index (κ3) is 3.69. The summed E-state index contributed by atoms with van der Waals surface area (Å²) in [5.41, 5.74) is 0. The lowest BCUT2D eigenvalue weighted by molar-refractivity contribution is -0.143. The summed E-state index contributed by atoms with van der Waals surface area (Å²) in [5.74, 6) is 0.325. The molecule has 1 saturated carbocycles. The lowest BCUT2D eigenvalue weighted by Gasteiger charge is -2.15. The molecule has 17 heavy (non-hydrogen) atoms. The van der Waals surface area contributed by atoms with E-state index in [0.717, 1.165) is 30.1 Å². The summed E-state index contributed by atoms with van der Waals surface area (Å²) in [6, 6.07) is 3.80. The van der Waals surface area contributed by atoms with E-state index < -0.39 is 0 Å². The zero-order valence-electron chi connectivity index (χ0n) is 9.74. The van der Waals surface area contributed by atoms with Gasteiger partial charge in [-0.25, -0.2) is 0 Å². The molecule has 0 bridgehead atoms. The monoisotopic (exact) mass is 273 g/mol. The first-order chi connectivity index (χ1) is 8.20. The van der Waals surface area contributed by atoms with Crippen molar-refractivity contribution in [2.45, 2.75) is 25.3 Å². The van der Waals surface area contributed by atoms with Crippen LogP contribution in [-0.2, 0) is 16.0 Å². The molecule has 0 aliphatic heterocycles. The van der Waals surface area contributed by atoms with Gasteiger partial charge in [-0.15, -0.1) is 11.3 Å². The average molecular weight is 274 g/mol. The van der Waals surface area contributed by atoms with Crippen molar-refractivity contribution in [3.05, 3.63) is 21.3 Å². The fourth-order valence-corrected chi connectivity index (χ4v) is 2.92. The molecule has 1 unspecified atom stereocenters. The molecule has 94 valence electrons. The first-order valence-corrected chi connectivity index (χ1v) is 6.95. The van der Waals surface area contributed by atoms with Gasteiger partial charge in [0.15, 0.2) is 0 Å². The van der Waals surface area contributed by atoms with Crippen LogP contribution in [0, 0.1) is 5.92 Å². The molecule has 1 aliphatic carbocycles. The number of thiophene rings is 1. The maximum Gasteiger partial charge on any atom is 0.323 e. The number of carbonyl (C=O) groups excluding carboxylic acids is 1. The topological polar surface area (TPSA) is 38.3 Å². The highest BCUT2D eigenvalue weighted by atomic mass is 35.5. The van der Waals surface area contributed by atoms with E-state index in [1.165, 1.54) is 12.0 Å². The number of hydrogen-bond donors (Lipinski definition) is 1. The number of esters is 1. The van der Waals surface area contributed by atoms with Gasteiger partial charge in [-0.3, -0.25) is 4.79 Å². The van der Waals surface area contributed by atoms with Crippen molar-refractivity contribution >= 4 is 28.9 Å². The van der Waals surface area contributed by atoms with Crippen LogP contribution in [0.1, 0.15) is 17.7 Å². The van der Waals surface area contributed by atoms with E-state index in [9.17, 15) is 4.79 Å². The molecule has 0 aromatic carbocycles. The second-order valence-corrected chi connectivity index (χ2v) is 6.05. The van der Waals surface area contributed by atoms with Crippen LogP contribution in [0.5, 0.6) is 0 Å². The normalized spacial score (nSPS) is 16.8. The molecular weight excluding hydrogens is 258 g/mol. The number of ether oxygens (including phenoxy) is 1. The summed E-state index contributed by atoms with van der Waals surface area (Å²) in [7, 11) is 1.44. The van der Waals surface area contributed by atoms with Crippen molar-refractivity contribution in [2.75, 3.05) is 13.7 Å². The molecule has 0 spiro atoms. The highest BCUT2D eigenvalue weighted by Crippen LogP contribution is 2.33.